The van der Waals surface area contributed by atoms with Gasteiger partial charge in [-0.25, -0.2) is 0 Å². The van der Waals surface area contributed by atoms with Gasteiger partial charge in [0.1, 0.15) is 0 Å². The molecule has 0 spiro atoms. The predicted molar refractivity (Wildman–Crippen MR) is 123 cm³/mol. The summed E-state index contributed by atoms with van der Waals surface area (Å²) in [5, 5.41) is 1.08. The second kappa shape index (κ2) is 9.09. The Morgan fingerprint density at radius 3 is 2.23 bits per heavy atom. The topological polar surface area (TPSA) is 44.8 Å². The van der Waals surface area contributed by atoms with Crippen LogP contribution in [-0.2, 0) is 21.4 Å². The quantitative estimate of drug-likeness (QED) is 0.408. The van der Waals surface area contributed by atoms with E-state index in [-0.39, 0.29) is 5.97 Å². The number of rotatable bonds is 8. The molecule has 1 unspecified atom stereocenters. The zero-order valence-electron chi connectivity index (χ0n) is 18.6. The van der Waals surface area contributed by atoms with Crippen LogP contribution in [0.25, 0.3) is 10.1 Å². The van der Waals surface area contributed by atoms with Gasteiger partial charge in [-0.1, -0.05) is 38.1 Å². The lowest BCUT2D eigenvalue weighted by molar-refractivity contribution is -0.149. The Hall–Kier alpha value is -2.53. The van der Waals surface area contributed by atoms with Crippen LogP contribution in [0.5, 0.6) is 11.5 Å². The van der Waals surface area contributed by atoms with Crippen molar-refractivity contribution in [3.05, 3.63) is 58.5 Å². The number of hydrogen-bond donors (Lipinski definition) is 0. The van der Waals surface area contributed by atoms with Crippen molar-refractivity contribution in [2.24, 2.45) is 0 Å². The zero-order chi connectivity index (χ0) is 21.9. The maximum absolute atomic E-state index is 13.0. The lowest BCUT2D eigenvalue weighted by Gasteiger charge is -2.27. The summed E-state index contributed by atoms with van der Waals surface area (Å²) in [5.74, 6) is 1.65. The van der Waals surface area contributed by atoms with Gasteiger partial charge < -0.3 is 14.2 Å². The normalized spacial score (nSPS) is 13.3. The molecule has 30 heavy (non-hydrogen) atoms. The van der Waals surface area contributed by atoms with E-state index in [0.717, 1.165) is 20.5 Å². The minimum absolute atomic E-state index is 0.199. The summed E-state index contributed by atoms with van der Waals surface area (Å²) in [4.78, 5) is 14.2. The Kier molecular flexibility index (Phi) is 6.71. The van der Waals surface area contributed by atoms with Crippen molar-refractivity contribution >= 4 is 27.4 Å². The van der Waals surface area contributed by atoms with E-state index in [2.05, 4.69) is 44.2 Å². The molecule has 0 radical (unpaired) electrons. The van der Waals surface area contributed by atoms with E-state index >= 15 is 0 Å². The van der Waals surface area contributed by atoms with Crippen LogP contribution in [0.1, 0.15) is 49.6 Å². The molecule has 0 aliphatic heterocycles. The number of fused-ring (bicyclic) bond motifs is 1. The van der Waals surface area contributed by atoms with Gasteiger partial charge in [0.25, 0.3) is 0 Å². The highest BCUT2D eigenvalue weighted by Gasteiger charge is 2.37. The largest absolute Gasteiger partial charge is 0.493 e. The predicted octanol–water partition coefficient (Wildman–Crippen LogP) is 6.11. The summed E-state index contributed by atoms with van der Waals surface area (Å²) in [6.07, 6.45) is 0.566. The van der Waals surface area contributed by atoms with Gasteiger partial charge in [0.2, 0.25) is 0 Å². The minimum Gasteiger partial charge on any atom is -0.493 e. The number of benzene rings is 2. The second-order valence-electron chi connectivity index (χ2n) is 7.96. The molecule has 1 aromatic heterocycles. The summed E-state index contributed by atoms with van der Waals surface area (Å²) < 4.78 is 17.4. The van der Waals surface area contributed by atoms with Crippen molar-refractivity contribution in [1.29, 1.82) is 0 Å². The Bertz CT molecular complexity index is 979. The molecule has 5 heteroatoms. The third-order valence-electron chi connectivity index (χ3n) is 5.54. The fourth-order valence-corrected chi connectivity index (χ4v) is 4.91. The van der Waals surface area contributed by atoms with Gasteiger partial charge in [-0.15, -0.1) is 11.3 Å². The van der Waals surface area contributed by atoms with Crippen molar-refractivity contribution in [2.75, 3.05) is 20.8 Å². The number of hydrogen-bond acceptors (Lipinski definition) is 5. The van der Waals surface area contributed by atoms with Gasteiger partial charge in [0.05, 0.1) is 26.2 Å². The first-order valence-electron chi connectivity index (χ1n) is 10.2. The fourth-order valence-electron chi connectivity index (χ4n) is 3.68. The first-order chi connectivity index (χ1) is 14.3. The standard InChI is InChI=1S/C25H30O4S/c1-7-29-24(26)25(4,19-10-8-17(9-11-19)16(2)3)15-20-12-18-13-21(27-5)22(28-6)14-23(18)30-20/h8-14,16H,7,15H2,1-6H3. The number of carbonyl (C=O) groups is 1. The number of thiophene rings is 1. The Balaban J connectivity index is 2.01. The van der Waals surface area contributed by atoms with Gasteiger partial charge in [-0.05, 0) is 48.4 Å². The molecule has 1 atom stereocenters. The summed E-state index contributed by atoms with van der Waals surface area (Å²) >= 11 is 1.67. The summed E-state index contributed by atoms with van der Waals surface area (Å²) in [6, 6.07) is 14.4. The average Bonchev–Trinajstić information content (AvgIpc) is 3.13. The molecule has 0 N–H and O–H groups in total. The van der Waals surface area contributed by atoms with Gasteiger partial charge in [0, 0.05) is 22.1 Å². The van der Waals surface area contributed by atoms with Crippen LogP contribution in [-0.4, -0.2) is 26.8 Å². The monoisotopic (exact) mass is 426 g/mol. The highest BCUT2D eigenvalue weighted by atomic mass is 32.1. The highest BCUT2D eigenvalue weighted by Crippen LogP contribution is 2.39. The van der Waals surface area contributed by atoms with Crippen LogP contribution in [0.3, 0.4) is 0 Å². The number of carbonyl (C=O) groups excluding carboxylic acids is 1. The zero-order valence-corrected chi connectivity index (χ0v) is 19.4. The summed E-state index contributed by atoms with van der Waals surface area (Å²) in [5.41, 5.74) is 1.46. The summed E-state index contributed by atoms with van der Waals surface area (Å²) in [7, 11) is 3.27. The third-order valence-corrected chi connectivity index (χ3v) is 6.64. The summed E-state index contributed by atoms with van der Waals surface area (Å²) in [6.45, 7) is 8.51. The van der Waals surface area contributed by atoms with Crippen molar-refractivity contribution < 1.29 is 19.0 Å². The van der Waals surface area contributed by atoms with Gasteiger partial charge in [-0.2, -0.15) is 0 Å². The maximum Gasteiger partial charge on any atom is 0.316 e. The minimum atomic E-state index is -0.763. The lowest BCUT2D eigenvalue weighted by atomic mass is 9.78. The van der Waals surface area contributed by atoms with Gasteiger partial charge >= 0.3 is 5.97 Å². The van der Waals surface area contributed by atoms with Crippen molar-refractivity contribution in [1.82, 2.24) is 0 Å². The van der Waals surface area contributed by atoms with Gasteiger partial charge in [-0.3, -0.25) is 4.79 Å². The SMILES string of the molecule is CCOC(=O)C(C)(Cc1cc2cc(OC)c(OC)cc2s1)c1ccc(C(C)C)cc1. The Morgan fingerprint density at radius 1 is 1.03 bits per heavy atom. The Labute approximate surface area is 182 Å². The maximum atomic E-state index is 13.0. The molecule has 3 aromatic rings. The molecule has 0 aliphatic carbocycles. The molecular weight excluding hydrogens is 396 g/mol. The first kappa shape index (κ1) is 22.2. The molecule has 4 nitrogen and oxygen atoms in total. The van der Waals surface area contributed by atoms with Crippen LogP contribution in [0.4, 0.5) is 0 Å². The van der Waals surface area contributed by atoms with Crippen LogP contribution in [0.2, 0.25) is 0 Å². The molecule has 2 aromatic carbocycles. The van der Waals surface area contributed by atoms with Crippen LogP contribution < -0.4 is 9.47 Å². The van der Waals surface area contributed by atoms with Gasteiger partial charge in [0.15, 0.2) is 11.5 Å². The fraction of sp³-hybridized carbons (Fsp3) is 0.400. The van der Waals surface area contributed by atoms with E-state index in [0.29, 0.717) is 30.4 Å². The highest BCUT2D eigenvalue weighted by molar-refractivity contribution is 7.19. The molecule has 1 heterocycles. The van der Waals surface area contributed by atoms with Crippen molar-refractivity contribution in [3.8, 4) is 11.5 Å². The van der Waals surface area contributed by atoms with Crippen molar-refractivity contribution in [3.63, 3.8) is 0 Å². The number of esters is 1. The lowest BCUT2D eigenvalue weighted by Crippen LogP contribution is -2.36. The van der Waals surface area contributed by atoms with E-state index in [1.807, 2.05) is 26.0 Å². The van der Waals surface area contributed by atoms with Crippen molar-refractivity contribution in [2.45, 2.75) is 45.4 Å². The van der Waals surface area contributed by atoms with Crippen LogP contribution in [0.15, 0.2) is 42.5 Å². The van der Waals surface area contributed by atoms with E-state index in [9.17, 15) is 4.79 Å². The molecule has 0 saturated heterocycles. The molecule has 0 saturated carbocycles. The second-order valence-corrected chi connectivity index (χ2v) is 9.13. The van der Waals surface area contributed by atoms with Crippen LogP contribution in [0, 0.1) is 0 Å². The molecule has 0 amide bonds. The molecule has 0 aliphatic rings. The van der Waals surface area contributed by atoms with E-state index in [4.69, 9.17) is 14.2 Å². The number of methoxy groups -OCH3 is 2. The number of ether oxygens (including phenoxy) is 3. The molecule has 0 fully saturated rings. The van der Waals surface area contributed by atoms with E-state index in [1.165, 1.54) is 5.56 Å². The van der Waals surface area contributed by atoms with Crippen LogP contribution >= 0.6 is 11.3 Å². The molecular formula is C25H30O4S. The average molecular weight is 427 g/mol. The molecule has 0 bridgehead atoms. The smallest absolute Gasteiger partial charge is 0.316 e. The first-order valence-corrected chi connectivity index (χ1v) is 11.1. The van der Waals surface area contributed by atoms with E-state index in [1.54, 1.807) is 25.6 Å². The molecule has 3 rings (SSSR count). The Morgan fingerprint density at radius 2 is 1.67 bits per heavy atom. The van der Waals surface area contributed by atoms with E-state index < -0.39 is 5.41 Å². The third kappa shape index (κ3) is 4.31. The molecule has 160 valence electrons.